The SMILES string of the molecule is Cc1cccc(NCCSc2ccc(Cl)cn2)c1. The Balaban J connectivity index is 1.74. The lowest BCUT2D eigenvalue weighted by molar-refractivity contribution is 1.12. The number of nitrogens with zero attached hydrogens (tertiary/aromatic N) is 1. The first-order valence-electron chi connectivity index (χ1n) is 5.79. The van der Waals surface area contributed by atoms with Crippen LogP contribution in [0.25, 0.3) is 0 Å². The van der Waals surface area contributed by atoms with Crippen LogP contribution < -0.4 is 5.32 Å². The van der Waals surface area contributed by atoms with Crippen LogP contribution in [0.5, 0.6) is 0 Å². The van der Waals surface area contributed by atoms with E-state index in [2.05, 4.69) is 41.5 Å². The minimum atomic E-state index is 0.678. The van der Waals surface area contributed by atoms with Gasteiger partial charge in [0, 0.05) is 24.2 Å². The predicted molar refractivity (Wildman–Crippen MR) is 79.6 cm³/mol. The molecule has 0 saturated heterocycles. The van der Waals surface area contributed by atoms with Crippen molar-refractivity contribution in [1.82, 2.24) is 4.98 Å². The molecule has 2 nitrogen and oxygen atoms in total. The molecule has 0 atom stereocenters. The third kappa shape index (κ3) is 4.24. The molecule has 1 aromatic carbocycles. The molecule has 0 aliphatic heterocycles. The zero-order valence-electron chi connectivity index (χ0n) is 10.2. The molecule has 2 aromatic rings. The van der Waals surface area contributed by atoms with Gasteiger partial charge in [-0.1, -0.05) is 23.7 Å². The molecule has 0 aliphatic rings. The first kappa shape index (κ1) is 13.2. The van der Waals surface area contributed by atoms with Gasteiger partial charge >= 0.3 is 0 Å². The monoisotopic (exact) mass is 278 g/mol. The van der Waals surface area contributed by atoms with Crippen molar-refractivity contribution >= 4 is 29.1 Å². The van der Waals surface area contributed by atoms with Gasteiger partial charge in [0.1, 0.15) is 0 Å². The lowest BCUT2D eigenvalue weighted by Gasteiger charge is -2.06. The van der Waals surface area contributed by atoms with Crippen molar-refractivity contribution in [2.45, 2.75) is 11.9 Å². The van der Waals surface area contributed by atoms with E-state index in [1.54, 1.807) is 18.0 Å². The van der Waals surface area contributed by atoms with Gasteiger partial charge in [-0.05, 0) is 36.8 Å². The molecule has 94 valence electrons. The van der Waals surface area contributed by atoms with E-state index in [-0.39, 0.29) is 0 Å². The van der Waals surface area contributed by atoms with Gasteiger partial charge in [-0.25, -0.2) is 4.98 Å². The van der Waals surface area contributed by atoms with Gasteiger partial charge < -0.3 is 5.32 Å². The van der Waals surface area contributed by atoms with Crippen molar-refractivity contribution in [3.8, 4) is 0 Å². The van der Waals surface area contributed by atoms with Crippen LogP contribution in [0.3, 0.4) is 0 Å². The standard InChI is InChI=1S/C14H15ClN2S/c1-11-3-2-4-13(9-11)16-7-8-18-14-6-5-12(15)10-17-14/h2-6,9-10,16H,7-8H2,1H3. The predicted octanol–water partition coefficient (Wildman–Crippen LogP) is 4.25. The maximum Gasteiger partial charge on any atom is 0.0961 e. The summed E-state index contributed by atoms with van der Waals surface area (Å²) in [6.45, 7) is 3.01. The van der Waals surface area contributed by atoms with E-state index in [1.165, 1.54) is 11.3 Å². The van der Waals surface area contributed by atoms with E-state index < -0.39 is 0 Å². The summed E-state index contributed by atoms with van der Waals surface area (Å²) in [6, 6.07) is 12.2. The molecule has 0 bridgehead atoms. The van der Waals surface area contributed by atoms with Gasteiger partial charge in [0.25, 0.3) is 0 Å². The second kappa shape index (κ2) is 6.66. The molecular weight excluding hydrogens is 264 g/mol. The highest BCUT2D eigenvalue weighted by atomic mass is 35.5. The first-order chi connectivity index (χ1) is 8.74. The Morgan fingerprint density at radius 3 is 2.89 bits per heavy atom. The molecule has 2 rings (SSSR count). The molecule has 1 aromatic heterocycles. The number of anilines is 1. The number of hydrogen-bond donors (Lipinski definition) is 1. The number of aromatic nitrogens is 1. The van der Waals surface area contributed by atoms with Crippen LogP contribution in [0.4, 0.5) is 5.69 Å². The average molecular weight is 279 g/mol. The summed E-state index contributed by atoms with van der Waals surface area (Å²) in [5.74, 6) is 0.975. The fourth-order valence-corrected chi connectivity index (χ4v) is 2.37. The molecule has 18 heavy (non-hydrogen) atoms. The van der Waals surface area contributed by atoms with Gasteiger partial charge in [-0.3, -0.25) is 0 Å². The Kier molecular flexibility index (Phi) is 4.90. The van der Waals surface area contributed by atoms with Crippen LogP contribution in [0, 0.1) is 6.92 Å². The molecule has 0 radical (unpaired) electrons. The number of nitrogens with one attached hydrogen (secondary N) is 1. The maximum atomic E-state index is 5.78. The first-order valence-corrected chi connectivity index (χ1v) is 7.15. The average Bonchev–Trinajstić information content (AvgIpc) is 2.37. The number of benzene rings is 1. The number of aryl methyl sites for hydroxylation is 1. The molecular formula is C14H15ClN2S. The second-order valence-electron chi connectivity index (χ2n) is 3.96. The molecule has 0 fully saturated rings. The zero-order chi connectivity index (χ0) is 12.8. The Labute approximate surface area is 117 Å². The quantitative estimate of drug-likeness (QED) is 0.654. The molecule has 0 spiro atoms. The second-order valence-corrected chi connectivity index (χ2v) is 5.51. The smallest absolute Gasteiger partial charge is 0.0961 e. The highest BCUT2D eigenvalue weighted by molar-refractivity contribution is 7.99. The van der Waals surface area contributed by atoms with E-state index in [1.807, 2.05) is 12.1 Å². The van der Waals surface area contributed by atoms with Gasteiger partial charge in [0.15, 0.2) is 0 Å². The number of thioether (sulfide) groups is 1. The Morgan fingerprint density at radius 2 is 2.17 bits per heavy atom. The van der Waals surface area contributed by atoms with Crippen molar-refractivity contribution < 1.29 is 0 Å². The summed E-state index contributed by atoms with van der Waals surface area (Å²) in [5, 5.41) is 5.08. The van der Waals surface area contributed by atoms with Crippen LogP contribution in [0.15, 0.2) is 47.6 Å². The highest BCUT2D eigenvalue weighted by Gasteiger charge is 1.96. The summed E-state index contributed by atoms with van der Waals surface area (Å²) in [6.07, 6.45) is 1.68. The van der Waals surface area contributed by atoms with Gasteiger partial charge in [0.2, 0.25) is 0 Å². The van der Waals surface area contributed by atoms with Crippen LogP contribution in [-0.4, -0.2) is 17.3 Å². The van der Waals surface area contributed by atoms with E-state index in [0.29, 0.717) is 5.02 Å². The summed E-state index contributed by atoms with van der Waals surface area (Å²) in [7, 11) is 0. The maximum absolute atomic E-state index is 5.78. The van der Waals surface area contributed by atoms with Crippen molar-refractivity contribution in [3.63, 3.8) is 0 Å². The summed E-state index contributed by atoms with van der Waals surface area (Å²) >= 11 is 7.50. The van der Waals surface area contributed by atoms with E-state index in [4.69, 9.17) is 11.6 Å². The molecule has 4 heteroatoms. The fourth-order valence-electron chi connectivity index (χ4n) is 1.55. The number of rotatable bonds is 5. The molecule has 1 heterocycles. The van der Waals surface area contributed by atoms with Crippen molar-refractivity contribution in [2.75, 3.05) is 17.6 Å². The minimum Gasteiger partial charge on any atom is -0.384 e. The van der Waals surface area contributed by atoms with Crippen molar-refractivity contribution in [3.05, 3.63) is 53.2 Å². The summed E-state index contributed by atoms with van der Waals surface area (Å²) < 4.78 is 0. The van der Waals surface area contributed by atoms with Crippen molar-refractivity contribution in [2.24, 2.45) is 0 Å². The minimum absolute atomic E-state index is 0.678. The van der Waals surface area contributed by atoms with Gasteiger partial charge in [0.05, 0.1) is 10.0 Å². The molecule has 0 unspecified atom stereocenters. The third-order valence-electron chi connectivity index (χ3n) is 2.40. The van der Waals surface area contributed by atoms with Crippen LogP contribution in [0.2, 0.25) is 5.02 Å². The highest BCUT2D eigenvalue weighted by Crippen LogP contribution is 2.17. The largest absolute Gasteiger partial charge is 0.384 e. The number of pyridine rings is 1. The fraction of sp³-hybridized carbons (Fsp3) is 0.214. The molecule has 0 amide bonds. The number of hydrogen-bond acceptors (Lipinski definition) is 3. The van der Waals surface area contributed by atoms with Gasteiger partial charge in [-0.2, -0.15) is 0 Å². The third-order valence-corrected chi connectivity index (χ3v) is 3.57. The zero-order valence-corrected chi connectivity index (χ0v) is 11.8. The summed E-state index contributed by atoms with van der Waals surface area (Å²) in [4.78, 5) is 4.24. The molecule has 0 saturated carbocycles. The van der Waals surface area contributed by atoms with Crippen LogP contribution in [0.1, 0.15) is 5.56 Å². The van der Waals surface area contributed by atoms with Crippen molar-refractivity contribution in [1.29, 1.82) is 0 Å². The topological polar surface area (TPSA) is 24.9 Å². The Hall–Kier alpha value is -1.19. The Bertz CT molecular complexity index is 499. The van der Waals surface area contributed by atoms with Gasteiger partial charge in [-0.15, -0.1) is 11.8 Å². The normalized spacial score (nSPS) is 10.3. The molecule has 1 N–H and O–H groups in total. The van der Waals surface area contributed by atoms with E-state index >= 15 is 0 Å². The van der Waals surface area contributed by atoms with Crippen LogP contribution >= 0.6 is 23.4 Å². The lowest BCUT2D eigenvalue weighted by Crippen LogP contribution is -2.04. The summed E-state index contributed by atoms with van der Waals surface area (Å²) in [5.41, 5.74) is 2.44. The lowest BCUT2D eigenvalue weighted by atomic mass is 10.2. The van der Waals surface area contributed by atoms with E-state index in [9.17, 15) is 0 Å². The Morgan fingerprint density at radius 1 is 1.28 bits per heavy atom. The number of halogens is 1. The van der Waals surface area contributed by atoms with E-state index in [0.717, 1.165) is 17.3 Å². The van der Waals surface area contributed by atoms with Crippen LogP contribution in [-0.2, 0) is 0 Å². The molecule has 0 aliphatic carbocycles.